The molecule has 0 atom stereocenters. The molecule has 3 aromatic carbocycles. The third kappa shape index (κ3) is 5.97. The second-order valence-electron chi connectivity index (χ2n) is 8.05. The number of fused-ring (bicyclic) bond motifs is 1. The maximum Gasteiger partial charge on any atom is 0.419 e. The number of thiazole rings is 1. The number of hydrogen-bond acceptors (Lipinski definition) is 7. The van der Waals surface area contributed by atoms with Gasteiger partial charge < -0.3 is 20.5 Å². The van der Waals surface area contributed by atoms with Gasteiger partial charge in [0.05, 0.1) is 23.2 Å². The van der Waals surface area contributed by atoms with E-state index in [0.29, 0.717) is 29.1 Å². The average molecular weight is 504 g/mol. The van der Waals surface area contributed by atoms with E-state index >= 15 is 0 Å². The number of aliphatic carboxylic acids is 1. The van der Waals surface area contributed by atoms with Gasteiger partial charge in [0.15, 0.2) is 0 Å². The standard InChI is InChI=1S/C26H25N5O4S/c1-30(18-9-7-17(8-10-18)25(27)28)16-23-29-21-15-20(11-12-22(21)36-23)35-26(34)31(14-13-24(32)33)19-5-3-2-4-6-19/h2-12,15H,13-14,16H2,1H3,(H3,27,28)(H,32,33). The fourth-order valence-corrected chi connectivity index (χ4v) is 4.57. The van der Waals surface area contributed by atoms with Gasteiger partial charge in [0.25, 0.3) is 0 Å². The molecule has 1 amide bonds. The predicted molar refractivity (Wildman–Crippen MR) is 141 cm³/mol. The summed E-state index contributed by atoms with van der Waals surface area (Å²) in [7, 11) is 1.96. The summed E-state index contributed by atoms with van der Waals surface area (Å²) in [6.07, 6.45) is -0.866. The number of nitrogens with two attached hydrogens (primary N) is 1. The van der Waals surface area contributed by atoms with Gasteiger partial charge in [0, 0.05) is 36.6 Å². The molecule has 0 aliphatic carbocycles. The predicted octanol–water partition coefficient (Wildman–Crippen LogP) is 4.70. The Morgan fingerprint density at radius 2 is 1.78 bits per heavy atom. The molecule has 0 bridgehead atoms. The van der Waals surface area contributed by atoms with Crippen molar-refractivity contribution in [3.63, 3.8) is 0 Å². The lowest BCUT2D eigenvalue weighted by molar-refractivity contribution is -0.136. The van der Waals surface area contributed by atoms with Crippen LogP contribution in [-0.2, 0) is 11.3 Å². The number of hydrogen-bond donors (Lipinski definition) is 3. The maximum atomic E-state index is 12.9. The van der Waals surface area contributed by atoms with Crippen molar-refractivity contribution in [2.24, 2.45) is 5.73 Å². The minimum absolute atomic E-state index is 0.0129. The fraction of sp³-hybridized carbons (Fsp3) is 0.154. The summed E-state index contributed by atoms with van der Waals surface area (Å²) >= 11 is 1.55. The van der Waals surface area contributed by atoms with Crippen molar-refractivity contribution < 1.29 is 19.4 Å². The maximum absolute atomic E-state index is 12.9. The number of amidine groups is 1. The van der Waals surface area contributed by atoms with Gasteiger partial charge in [0.2, 0.25) is 0 Å². The number of carboxylic acids is 1. The first kappa shape index (κ1) is 24.7. The van der Waals surface area contributed by atoms with Crippen molar-refractivity contribution in [1.82, 2.24) is 4.98 Å². The van der Waals surface area contributed by atoms with Crippen molar-refractivity contribution in [2.45, 2.75) is 13.0 Å². The van der Waals surface area contributed by atoms with E-state index in [2.05, 4.69) is 0 Å². The molecule has 0 radical (unpaired) electrons. The highest BCUT2D eigenvalue weighted by molar-refractivity contribution is 7.18. The fourth-order valence-electron chi connectivity index (χ4n) is 3.57. The lowest BCUT2D eigenvalue weighted by atomic mass is 10.2. The van der Waals surface area contributed by atoms with Gasteiger partial charge in [-0.1, -0.05) is 18.2 Å². The Morgan fingerprint density at radius 1 is 1.06 bits per heavy atom. The average Bonchev–Trinajstić information content (AvgIpc) is 3.26. The number of carbonyl (C=O) groups excluding carboxylic acids is 1. The van der Waals surface area contributed by atoms with Gasteiger partial charge in [-0.25, -0.2) is 9.78 Å². The zero-order valence-electron chi connectivity index (χ0n) is 19.5. The van der Waals surface area contributed by atoms with Gasteiger partial charge in [0.1, 0.15) is 16.6 Å². The molecule has 0 fully saturated rings. The summed E-state index contributed by atoms with van der Waals surface area (Å²) in [4.78, 5) is 32.0. The van der Waals surface area contributed by atoms with Crippen LogP contribution in [0, 0.1) is 5.41 Å². The van der Waals surface area contributed by atoms with E-state index in [1.54, 1.807) is 47.7 Å². The molecule has 0 spiro atoms. The van der Waals surface area contributed by atoms with E-state index in [4.69, 9.17) is 26.0 Å². The number of nitrogen functional groups attached to an aromatic ring is 1. The van der Waals surface area contributed by atoms with E-state index in [0.717, 1.165) is 15.4 Å². The number of amides is 1. The molecule has 1 aromatic heterocycles. The summed E-state index contributed by atoms with van der Waals surface area (Å²) in [6, 6.07) is 21.5. The zero-order valence-corrected chi connectivity index (χ0v) is 20.4. The molecular formula is C26H25N5O4S. The Kier molecular flexibility index (Phi) is 7.45. The Labute approximate surface area is 211 Å². The van der Waals surface area contributed by atoms with E-state index in [1.165, 1.54) is 4.90 Å². The second kappa shape index (κ2) is 10.9. The minimum atomic E-state index is -1.00. The molecule has 0 aliphatic rings. The molecule has 9 nitrogen and oxygen atoms in total. The van der Waals surface area contributed by atoms with E-state index in [-0.39, 0.29) is 18.8 Å². The van der Waals surface area contributed by atoms with Gasteiger partial charge >= 0.3 is 12.1 Å². The van der Waals surface area contributed by atoms with Crippen molar-refractivity contribution in [1.29, 1.82) is 5.41 Å². The molecule has 1 heterocycles. The van der Waals surface area contributed by atoms with Gasteiger partial charge in [-0.3, -0.25) is 15.1 Å². The van der Waals surface area contributed by atoms with Crippen molar-refractivity contribution in [3.05, 3.63) is 83.4 Å². The van der Waals surface area contributed by atoms with Crippen LogP contribution in [-0.4, -0.2) is 41.6 Å². The van der Waals surface area contributed by atoms with Crippen molar-refractivity contribution in [2.75, 3.05) is 23.4 Å². The van der Waals surface area contributed by atoms with Crippen molar-refractivity contribution in [3.8, 4) is 5.75 Å². The van der Waals surface area contributed by atoms with Crippen LogP contribution in [0.4, 0.5) is 16.2 Å². The number of anilines is 2. The van der Waals surface area contributed by atoms with Crippen LogP contribution < -0.4 is 20.3 Å². The van der Waals surface area contributed by atoms with Crippen molar-refractivity contribution >= 4 is 50.8 Å². The smallest absolute Gasteiger partial charge is 0.419 e. The Balaban J connectivity index is 1.47. The van der Waals surface area contributed by atoms with Crippen LogP contribution in [0.25, 0.3) is 10.2 Å². The number of nitrogens with one attached hydrogen (secondary N) is 1. The summed E-state index contributed by atoms with van der Waals surface area (Å²) in [5, 5.41) is 17.5. The molecule has 184 valence electrons. The van der Waals surface area contributed by atoms with Crippen LogP contribution >= 0.6 is 11.3 Å². The molecule has 0 unspecified atom stereocenters. The number of ether oxygens (including phenoxy) is 1. The number of benzene rings is 3. The highest BCUT2D eigenvalue weighted by Gasteiger charge is 2.19. The van der Waals surface area contributed by atoms with Crippen LogP contribution in [0.5, 0.6) is 5.75 Å². The lowest BCUT2D eigenvalue weighted by Crippen LogP contribution is -2.35. The Morgan fingerprint density at radius 3 is 2.44 bits per heavy atom. The number of para-hydroxylation sites is 1. The molecule has 0 saturated carbocycles. The van der Waals surface area contributed by atoms with Gasteiger partial charge in [-0.05, 0) is 48.5 Å². The number of rotatable bonds is 9. The second-order valence-corrected chi connectivity index (χ2v) is 9.17. The molecule has 36 heavy (non-hydrogen) atoms. The first-order valence-electron chi connectivity index (χ1n) is 11.1. The number of carbonyl (C=O) groups is 2. The molecule has 4 N–H and O–H groups in total. The summed E-state index contributed by atoms with van der Waals surface area (Å²) < 4.78 is 6.54. The number of carboxylic acid groups (broad SMARTS) is 1. The first-order valence-corrected chi connectivity index (χ1v) is 11.9. The molecule has 0 saturated heterocycles. The third-order valence-electron chi connectivity index (χ3n) is 5.44. The molecule has 4 aromatic rings. The Bertz CT molecular complexity index is 1390. The SMILES string of the molecule is CN(Cc1nc2cc(OC(=O)N(CCC(=O)O)c3ccccc3)ccc2s1)c1ccc(C(=N)N)cc1. The largest absolute Gasteiger partial charge is 0.481 e. The number of aromatic nitrogens is 1. The van der Waals surface area contributed by atoms with E-state index in [1.807, 2.05) is 48.3 Å². The quantitative estimate of drug-likeness (QED) is 0.223. The highest BCUT2D eigenvalue weighted by Crippen LogP contribution is 2.28. The summed E-state index contributed by atoms with van der Waals surface area (Å²) in [5.41, 5.74) is 8.43. The van der Waals surface area contributed by atoms with Crippen LogP contribution in [0.2, 0.25) is 0 Å². The third-order valence-corrected chi connectivity index (χ3v) is 6.46. The van der Waals surface area contributed by atoms with E-state index < -0.39 is 12.1 Å². The monoisotopic (exact) mass is 503 g/mol. The molecular weight excluding hydrogens is 478 g/mol. The lowest BCUT2D eigenvalue weighted by Gasteiger charge is -2.21. The highest BCUT2D eigenvalue weighted by atomic mass is 32.1. The normalized spacial score (nSPS) is 10.7. The van der Waals surface area contributed by atoms with Gasteiger partial charge in [-0.15, -0.1) is 11.3 Å². The minimum Gasteiger partial charge on any atom is -0.481 e. The topological polar surface area (TPSA) is 133 Å². The van der Waals surface area contributed by atoms with Crippen LogP contribution in [0.3, 0.4) is 0 Å². The first-order chi connectivity index (χ1) is 17.3. The summed E-state index contributed by atoms with van der Waals surface area (Å²) in [6.45, 7) is 0.561. The summed E-state index contributed by atoms with van der Waals surface area (Å²) in [5.74, 6) is -0.644. The molecule has 4 rings (SSSR count). The molecule has 0 aliphatic heterocycles. The molecule has 10 heteroatoms. The number of nitrogens with zero attached hydrogens (tertiary/aromatic N) is 3. The Hall–Kier alpha value is -4.44. The zero-order chi connectivity index (χ0) is 25.7. The van der Waals surface area contributed by atoms with Crippen LogP contribution in [0.1, 0.15) is 17.0 Å². The van der Waals surface area contributed by atoms with E-state index in [9.17, 15) is 9.59 Å². The van der Waals surface area contributed by atoms with Crippen LogP contribution in [0.15, 0.2) is 72.8 Å². The van der Waals surface area contributed by atoms with Gasteiger partial charge in [-0.2, -0.15) is 0 Å².